The molecule has 0 aliphatic rings. The van der Waals surface area contributed by atoms with E-state index in [1.807, 2.05) is 0 Å². The Labute approximate surface area is 126 Å². The van der Waals surface area contributed by atoms with Crippen LogP contribution in [0.4, 0.5) is 5.69 Å². The van der Waals surface area contributed by atoms with Gasteiger partial charge in [0.25, 0.3) is 5.69 Å². The molecule has 0 spiro atoms. The lowest BCUT2D eigenvalue weighted by Crippen LogP contribution is -1.93. The molecule has 7 nitrogen and oxygen atoms in total. The molecule has 0 aliphatic carbocycles. The van der Waals surface area contributed by atoms with Gasteiger partial charge in [-0.1, -0.05) is 5.16 Å². The third-order valence-corrected chi connectivity index (χ3v) is 2.77. The van der Waals surface area contributed by atoms with Crippen molar-refractivity contribution in [2.45, 2.75) is 0 Å². The van der Waals surface area contributed by atoms with Crippen LogP contribution >= 0.6 is 0 Å². The number of nitro benzene ring substituents is 1. The predicted molar refractivity (Wildman–Crippen MR) is 80.8 cm³/mol. The van der Waals surface area contributed by atoms with E-state index >= 15 is 0 Å². The zero-order chi connectivity index (χ0) is 15.9. The lowest BCUT2D eigenvalue weighted by atomic mass is 10.2. The minimum Gasteiger partial charge on any atom is -0.493 e. The van der Waals surface area contributed by atoms with Gasteiger partial charge in [-0.2, -0.15) is 0 Å². The van der Waals surface area contributed by atoms with Gasteiger partial charge in [-0.3, -0.25) is 10.1 Å². The van der Waals surface area contributed by atoms with E-state index in [2.05, 4.69) is 9.99 Å². The van der Waals surface area contributed by atoms with Gasteiger partial charge in [-0.05, 0) is 30.3 Å². The molecule has 0 amide bonds. The van der Waals surface area contributed by atoms with E-state index in [0.717, 1.165) is 5.56 Å². The molecule has 0 saturated heterocycles. The topological polar surface area (TPSA) is 83.2 Å². The summed E-state index contributed by atoms with van der Waals surface area (Å²) in [5, 5.41) is 14.3. The smallest absolute Gasteiger partial charge is 0.269 e. The van der Waals surface area contributed by atoms with Crippen LogP contribution in [-0.2, 0) is 4.84 Å². The molecule has 7 heteroatoms. The third-order valence-electron chi connectivity index (χ3n) is 2.77. The fraction of sp³-hybridized carbons (Fsp3) is 0.133. The monoisotopic (exact) mass is 302 g/mol. The minimum absolute atomic E-state index is 0.00504. The summed E-state index contributed by atoms with van der Waals surface area (Å²) >= 11 is 0. The first-order chi connectivity index (χ1) is 10.6. The summed E-state index contributed by atoms with van der Waals surface area (Å²) in [6.07, 6.45) is 1.54. The van der Waals surface area contributed by atoms with Crippen LogP contribution < -0.4 is 9.47 Å². The van der Waals surface area contributed by atoms with Crippen molar-refractivity contribution in [3.63, 3.8) is 0 Å². The molecule has 2 aromatic carbocycles. The fourth-order valence-corrected chi connectivity index (χ4v) is 1.73. The number of ether oxygens (including phenoxy) is 2. The van der Waals surface area contributed by atoms with E-state index in [4.69, 9.17) is 9.47 Å². The molecule has 114 valence electrons. The van der Waals surface area contributed by atoms with Gasteiger partial charge in [0, 0.05) is 17.7 Å². The normalized spacial score (nSPS) is 10.5. The number of nitro groups is 1. The van der Waals surface area contributed by atoms with E-state index in [-0.39, 0.29) is 5.69 Å². The van der Waals surface area contributed by atoms with Gasteiger partial charge in [-0.25, -0.2) is 0 Å². The van der Waals surface area contributed by atoms with Crippen molar-refractivity contribution in [3.8, 4) is 17.2 Å². The van der Waals surface area contributed by atoms with Gasteiger partial charge in [0.15, 0.2) is 11.5 Å². The van der Waals surface area contributed by atoms with Crippen molar-refractivity contribution in [3.05, 3.63) is 58.1 Å². The van der Waals surface area contributed by atoms with Crippen molar-refractivity contribution in [2.75, 3.05) is 14.2 Å². The van der Waals surface area contributed by atoms with E-state index in [0.29, 0.717) is 17.2 Å². The lowest BCUT2D eigenvalue weighted by molar-refractivity contribution is -0.384. The van der Waals surface area contributed by atoms with Crippen LogP contribution in [0.25, 0.3) is 0 Å². The Kier molecular flexibility index (Phi) is 4.92. The molecule has 0 unspecified atom stereocenters. The largest absolute Gasteiger partial charge is 0.493 e. The van der Waals surface area contributed by atoms with Crippen LogP contribution in [0.5, 0.6) is 17.2 Å². The molecule has 0 N–H and O–H groups in total. The maximum atomic E-state index is 10.6. The highest BCUT2D eigenvalue weighted by molar-refractivity contribution is 5.80. The Bertz CT molecular complexity index is 683. The molecule has 0 atom stereocenters. The fourth-order valence-electron chi connectivity index (χ4n) is 1.73. The highest BCUT2D eigenvalue weighted by Gasteiger charge is 2.09. The number of rotatable bonds is 6. The lowest BCUT2D eigenvalue weighted by Gasteiger charge is -2.10. The zero-order valence-electron chi connectivity index (χ0n) is 12.1. The first kappa shape index (κ1) is 15.3. The van der Waals surface area contributed by atoms with E-state index in [1.165, 1.54) is 44.7 Å². The Morgan fingerprint density at radius 1 is 1.09 bits per heavy atom. The molecule has 2 rings (SSSR count). The van der Waals surface area contributed by atoms with E-state index < -0.39 is 4.92 Å². The molecular formula is C15H14N2O5. The van der Waals surface area contributed by atoms with Crippen molar-refractivity contribution in [2.24, 2.45) is 5.16 Å². The summed E-state index contributed by atoms with van der Waals surface area (Å²) in [6.45, 7) is 0. The average molecular weight is 302 g/mol. The number of benzene rings is 2. The second kappa shape index (κ2) is 7.07. The summed E-state index contributed by atoms with van der Waals surface area (Å²) in [5.74, 6) is 1.48. The molecular weight excluding hydrogens is 288 g/mol. The van der Waals surface area contributed by atoms with Crippen molar-refractivity contribution < 1.29 is 19.2 Å². The van der Waals surface area contributed by atoms with Crippen molar-refractivity contribution in [1.82, 2.24) is 0 Å². The highest BCUT2D eigenvalue weighted by Crippen LogP contribution is 2.32. The predicted octanol–water partition coefficient (Wildman–Crippen LogP) is 3.38. The molecule has 0 radical (unpaired) electrons. The molecule has 0 saturated carbocycles. The molecule has 0 heterocycles. The van der Waals surface area contributed by atoms with Gasteiger partial charge in [0.1, 0.15) is 12.9 Å². The summed E-state index contributed by atoms with van der Waals surface area (Å²) in [7, 11) is 2.98. The van der Waals surface area contributed by atoms with Gasteiger partial charge >= 0.3 is 0 Å². The average Bonchev–Trinajstić information content (AvgIpc) is 2.54. The second-order valence-corrected chi connectivity index (χ2v) is 4.18. The first-order valence-electron chi connectivity index (χ1n) is 6.31. The molecule has 0 aromatic heterocycles. The van der Waals surface area contributed by atoms with Crippen LogP contribution in [0.3, 0.4) is 0 Å². The van der Waals surface area contributed by atoms with Crippen molar-refractivity contribution >= 4 is 11.9 Å². The van der Waals surface area contributed by atoms with Gasteiger partial charge < -0.3 is 14.3 Å². The van der Waals surface area contributed by atoms with Crippen LogP contribution in [0.15, 0.2) is 47.6 Å². The summed E-state index contributed by atoms with van der Waals surface area (Å²) in [6, 6.07) is 11.0. The minimum atomic E-state index is -0.464. The number of oxime groups is 1. The van der Waals surface area contributed by atoms with Gasteiger partial charge in [0.05, 0.1) is 18.2 Å². The Balaban J connectivity index is 2.21. The molecule has 0 bridgehead atoms. The van der Waals surface area contributed by atoms with Crippen LogP contribution in [0.1, 0.15) is 5.56 Å². The zero-order valence-corrected chi connectivity index (χ0v) is 12.1. The number of hydrogen-bond acceptors (Lipinski definition) is 6. The maximum absolute atomic E-state index is 10.6. The molecule has 0 aliphatic heterocycles. The number of non-ortho nitro benzene ring substituents is 1. The Morgan fingerprint density at radius 3 is 2.41 bits per heavy atom. The van der Waals surface area contributed by atoms with Crippen LogP contribution in [-0.4, -0.2) is 25.4 Å². The maximum Gasteiger partial charge on any atom is 0.269 e. The van der Waals surface area contributed by atoms with Gasteiger partial charge in [0.2, 0.25) is 0 Å². The van der Waals surface area contributed by atoms with Crippen LogP contribution in [0, 0.1) is 10.1 Å². The van der Waals surface area contributed by atoms with E-state index in [9.17, 15) is 10.1 Å². The molecule has 0 fully saturated rings. The number of methoxy groups -OCH3 is 1. The molecule has 22 heavy (non-hydrogen) atoms. The SMILES string of the molecule is CO/N=C/c1ccc(Oc2ccc([N+](=O)[O-])cc2)c(OC)c1. The summed E-state index contributed by atoms with van der Waals surface area (Å²) in [4.78, 5) is 14.8. The first-order valence-corrected chi connectivity index (χ1v) is 6.31. The summed E-state index contributed by atoms with van der Waals surface area (Å²) in [5.41, 5.74) is 0.792. The third kappa shape index (κ3) is 3.72. The van der Waals surface area contributed by atoms with E-state index in [1.54, 1.807) is 18.2 Å². The quantitative estimate of drug-likeness (QED) is 0.464. The number of nitrogens with zero attached hydrogens (tertiary/aromatic N) is 2. The highest BCUT2D eigenvalue weighted by atomic mass is 16.6. The molecule has 2 aromatic rings. The standard InChI is InChI=1S/C15H14N2O5/c1-20-15-9-11(10-16-21-2)3-8-14(15)22-13-6-4-12(5-7-13)17(18)19/h3-10H,1-2H3/b16-10+. The summed E-state index contributed by atoms with van der Waals surface area (Å²) < 4.78 is 10.9. The second-order valence-electron chi connectivity index (χ2n) is 4.18. The van der Waals surface area contributed by atoms with Gasteiger partial charge in [-0.15, -0.1) is 0 Å². The van der Waals surface area contributed by atoms with Crippen LogP contribution in [0.2, 0.25) is 0 Å². The van der Waals surface area contributed by atoms with Crippen molar-refractivity contribution in [1.29, 1.82) is 0 Å². The Hall–Kier alpha value is -3.09. The number of hydrogen-bond donors (Lipinski definition) is 0. The Morgan fingerprint density at radius 2 is 1.82 bits per heavy atom.